The third-order valence-corrected chi connectivity index (χ3v) is 7.41. The van der Waals surface area contributed by atoms with Crippen LogP contribution in [0.25, 0.3) is 0 Å². The normalized spacial score (nSPS) is 11.0. The highest BCUT2D eigenvalue weighted by molar-refractivity contribution is 7.92. The smallest absolute Gasteiger partial charge is 0.338 e. The molecule has 0 saturated heterocycles. The van der Waals surface area contributed by atoms with Gasteiger partial charge in [0.15, 0.2) is 6.61 Å². The molecule has 196 valence electrons. The molecular formula is C23H18Cl4N2O7S. The lowest BCUT2D eigenvalue weighted by atomic mass is 10.2. The van der Waals surface area contributed by atoms with E-state index in [2.05, 4.69) is 10.0 Å². The van der Waals surface area contributed by atoms with Gasteiger partial charge in [0.05, 0.1) is 56.1 Å². The number of carbonyl (C=O) groups is 2. The predicted octanol–water partition coefficient (Wildman–Crippen LogP) is 5.91. The number of sulfonamides is 1. The van der Waals surface area contributed by atoms with Gasteiger partial charge in [0.25, 0.3) is 15.9 Å². The first-order valence-electron chi connectivity index (χ1n) is 10.1. The maximum absolute atomic E-state index is 13.0. The lowest BCUT2D eigenvalue weighted by molar-refractivity contribution is -0.119. The van der Waals surface area contributed by atoms with Crippen molar-refractivity contribution >= 4 is 79.7 Å². The van der Waals surface area contributed by atoms with Crippen LogP contribution in [0.15, 0.2) is 53.4 Å². The number of halogens is 4. The number of amides is 1. The third kappa shape index (κ3) is 7.12. The van der Waals surface area contributed by atoms with Crippen molar-refractivity contribution in [1.82, 2.24) is 0 Å². The Morgan fingerprint density at radius 2 is 1.46 bits per heavy atom. The van der Waals surface area contributed by atoms with E-state index in [0.717, 1.165) is 6.07 Å². The summed E-state index contributed by atoms with van der Waals surface area (Å²) in [5.74, 6) is -1.19. The first kappa shape index (κ1) is 28.7. The number of esters is 1. The Kier molecular flexibility index (Phi) is 9.38. The first-order valence-corrected chi connectivity index (χ1v) is 13.1. The van der Waals surface area contributed by atoms with Gasteiger partial charge >= 0.3 is 5.97 Å². The summed E-state index contributed by atoms with van der Waals surface area (Å²) in [7, 11) is -1.42. The Balaban J connectivity index is 1.71. The minimum atomic E-state index is -4.18. The number of anilines is 2. The Morgan fingerprint density at radius 3 is 2.14 bits per heavy atom. The number of hydrogen-bond donors (Lipinski definition) is 2. The molecule has 0 bridgehead atoms. The number of methoxy groups -OCH3 is 2. The van der Waals surface area contributed by atoms with Crippen molar-refractivity contribution in [1.29, 1.82) is 0 Å². The number of hydrogen-bond acceptors (Lipinski definition) is 7. The number of benzene rings is 3. The molecule has 0 fully saturated rings. The van der Waals surface area contributed by atoms with E-state index in [1.165, 1.54) is 56.7 Å². The van der Waals surface area contributed by atoms with Crippen LogP contribution in [0, 0.1) is 0 Å². The van der Waals surface area contributed by atoms with Crippen molar-refractivity contribution in [2.45, 2.75) is 4.90 Å². The Hall–Kier alpha value is -2.89. The van der Waals surface area contributed by atoms with Crippen molar-refractivity contribution < 1.29 is 32.2 Å². The van der Waals surface area contributed by atoms with Crippen LogP contribution in [0.1, 0.15) is 10.4 Å². The first-order chi connectivity index (χ1) is 17.4. The Morgan fingerprint density at radius 1 is 0.811 bits per heavy atom. The Bertz CT molecular complexity index is 1470. The summed E-state index contributed by atoms with van der Waals surface area (Å²) in [5.41, 5.74) is 0.118. The van der Waals surface area contributed by atoms with Gasteiger partial charge in [-0.25, -0.2) is 13.2 Å². The minimum Gasteiger partial charge on any atom is -0.495 e. The summed E-state index contributed by atoms with van der Waals surface area (Å²) in [6.45, 7) is -0.674. The molecule has 0 spiro atoms. The van der Waals surface area contributed by atoms with E-state index in [0.29, 0.717) is 0 Å². The molecule has 0 unspecified atom stereocenters. The summed E-state index contributed by atoms with van der Waals surface area (Å²) in [6, 6.07) is 10.5. The molecule has 0 heterocycles. The zero-order valence-electron chi connectivity index (χ0n) is 19.1. The lowest BCUT2D eigenvalue weighted by Crippen LogP contribution is -2.21. The van der Waals surface area contributed by atoms with Crippen LogP contribution in [0.4, 0.5) is 11.4 Å². The fraction of sp³-hybridized carbons (Fsp3) is 0.130. The van der Waals surface area contributed by atoms with Gasteiger partial charge in [-0.3, -0.25) is 9.52 Å². The highest BCUT2D eigenvalue weighted by atomic mass is 35.5. The van der Waals surface area contributed by atoms with Crippen molar-refractivity contribution in [3.8, 4) is 11.5 Å². The molecule has 0 saturated carbocycles. The standard InChI is InChI=1S/C23H18Cl4N2O7S/c1-34-20-10-21(35-2)19(9-17(20)27)29-37(32,33)13-5-3-4-12(6-13)23(31)36-11-22(30)28-18-8-15(25)14(24)7-16(18)26/h3-10,29H,11H2,1-2H3,(H,28,30). The molecule has 0 aliphatic heterocycles. The predicted molar refractivity (Wildman–Crippen MR) is 142 cm³/mol. The topological polar surface area (TPSA) is 120 Å². The quantitative estimate of drug-likeness (QED) is 0.229. The van der Waals surface area contributed by atoms with Gasteiger partial charge in [0.2, 0.25) is 0 Å². The summed E-state index contributed by atoms with van der Waals surface area (Å²) in [5, 5.41) is 3.10. The molecule has 3 rings (SSSR count). The molecule has 2 N–H and O–H groups in total. The van der Waals surface area contributed by atoms with Crippen LogP contribution in [0.2, 0.25) is 20.1 Å². The minimum absolute atomic E-state index is 0.0546. The van der Waals surface area contributed by atoms with E-state index in [1.54, 1.807) is 0 Å². The van der Waals surface area contributed by atoms with Gasteiger partial charge < -0.3 is 19.5 Å². The van der Waals surface area contributed by atoms with Crippen LogP contribution in [-0.4, -0.2) is 41.1 Å². The summed E-state index contributed by atoms with van der Waals surface area (Å²) < 4.78 is 43.6. The van der Waals surface area contributed by atoms with E-state index < -0.39 is 28.5 Å². The zero-order valence-corrected chi connectivity index (χ0v) is 22.9. The Labute approximate surface area is 232 Å². The van der Waals surface area contributed by atoms with E-state index in [-0.39, 0.29) is 53.4 Å². The van der Waals surface area contributed by atoms with Crippen LogP contribution >= 0.6 is 46.4 Å². The molecule has 37 heavy (non-hydrogen) atoms. The molecule has 9 nitrogen and oxygen atoms in total. The van der Waals surface area contributed by atoms with Gasteiger partial charge in [-0.2, -0.15) is 0 Å². The number of ether oxygens (including phenoxy) is 3. The molecule has 0 radical (unpaired) electrons. The summed E-state index contributed by atoms with van der Waals surface area (Å²) in [6.07, 6.45) is 0. The second kappa shape index (κ2) is 12.1. The van der Waals surface area contributed by atoms with Crippen LogP contribution in [0.3, 0.4) is 0 Å². The largest absolute Gasteiger partial charge is 0.495 e. The average molecular weight is 608 g/mol. The second-order valence-electron chi connectivity index (χ2n) is 7.19. The zero-order chi connectivity index (χ0) is 27.3. The third-order valence-electron chi connectivity index (χ3n) is 4.72. The molecule has 1 amide bonds. The van der Waals surface area contributed by atoms with E-state index in [4.69, 9.17) is 60.6 Å². The van der Waals surface area contributed by atoms with Crippen molar-refractivity contribution in [3.63, 3.8) is 0 Å². The van der Waals surface area contributed by atoms with Crippen LogP contribution in [0.5, 0.6) is 11.5 Å². The van der Waals surface area contributed by atoms with E-state index in [9.17, 15) is 18.0 Å². The fourth-order valence-corrected chi connectivity index (χ4v) is 4.89. The van der Waals surface area contributed by atoms with Crippen molar-refractivity contribution in [3.05, 3.63) is 74.2 Å². The number of carbonyl (C=O) groups excluding carboxylic acids is 2. The van der Waals surface area contributed by atoms with Gasteiger partial charge in [-0.05, 0) is 36.4 Å². The van der Waals surface area contributed by atoms with Gasteiger partial charge in [0, 0.05) is 6.07 Å². The second-order valence-corrected chi connectivity index (χ2v) is 10.5. The molecule has 3 aromatic rings. The maximum Gasteiger partial charge on any atom is 0.338 e. The highest BCUT2D eigenvalue weighted by Crippen LogP contribution is 2.37. The van der Waals surface area contributed by atoms with E-state index in [1.807, 2.05) is 0 Å². The maximum atomic E-state index is 13.0. The highest BCUT2D eigenvalue weighted by Gasteiger charge is 2.21. The molecule has 0 atom stereocenters. The van der Waals surface area contributed by atoms with Crippen LogP contribution in [-0.2, 0) is 19.6 Å². The molecule has 14 heteroatoms. The van der Waals surface area contributed by atoms with Gasteiger partial charge in [0.1, 0.15) is 11.5 Å². The molecule has 0 aromatic heterocycles. The molecular weight excluding hydrogens is 590 g/mol. The SMILES string of the molecule is COc1cc(OC)c(NS(=O)(=O)c2cccc(C(=O)OCC(=O)Nc3cc(Cl)c(Cl)cc3Cl)c2)cc1Cl. The van der Waals surface area contributed by atoms with E-state index >= 15 is 0 Å². The fourth-order valence-electron chi connectivity index (χ4n) is 2.95. The monoisotopic (exact) mass is 606 g/mol. The molecule has 3 aromatic carbocycles. The van der Waals surface area contributed by atoms with Crippen LogP contribution < -0.4 is 19.5 Å². The summed E-state index contributed by atoms with van der Waals surface area (Å²) >= 11 is 23.9. The summed E-state index contributed by atoms with van der Waals surface area (Å²) in [4.78, 5) is 24.4. The molecule has 0 aliphatic rings. The van der Waals surface area contributed by atoms with Gasteiger partial charge in [-0.1, -0.05) is 52.5 Å². The lowest BCUT2D eigenvalue weighted by Gasteiger charge is -2.14. The van der Waals surface area contributed by atoms with Gasteiger partial charge in [-0.15, -0.1) is 0 Å². The van der Waals surface area contributed by atoms with Crippen molar-refractivity contribution in [2.24, 2.45) is 0 Å². The van der Waals surface area contributed by atoms with Crippen molar-refractivity contribution in [2.75, 3.05) is 30.9 Å². The number of rotatable bonds is 9. The molecule has 0 aliphatic carbocycles. The number of nitrogens with one attached hydrogen (secondary N) is 2. The average Bonchev–Trinajstić information content (AvgIpc) is 2.86.